The molecule has 1 aliphatic rings. The summed E-state index contributed by atoms with van der Waals surface area (Å²) in [5.41, 5.74) is -11.5. The lowest BCUT2D eigenvalue weighted by atomic mass is 9.96. The van der Waals surface area contributed by atoms with Gasteiger partial charge in [-0.2, -0.15) is 52.7 Å². The van der Waals surface area contributed by atoms with Gasteiger partial charge in [-0.15, -0.1) is 0 Å². The molecule has 1 heterocycles. The van der Waals surface area contributed by atoms with Crippen LogP contribution in [0.25, 0.3) is 0 Å². The maximum atomic E-state index is 13.4. The van der Waals surface area contributed by atoms with E-state index in [-0.39, 0.29) is 10.9 Å². The molecule has 0 aromatic heterocycles. The molecule has 1 saturated heterocycles. The smallest absolute Gasteiger partial charge is 0.339 e. The van der Waals surface area contributed by atoms with Gasteiger partial charge in [0.15, 0.2) is 0 Å². The number of hydrogen-bond acceptors (Lipinski definition) is 2. The molecule has 15 heteroatoms. The number of nitrogens with zero attached hydrogens (tertiary/aromatic N) is 1. The van der Waals surface area contributed by atoms with Crippen LogP contribution < -0.4 is 10.6 Å². The zero-order chi connectivity index (χ0) is 22.5. The maximum absolute atomic E-state index is 13.4. The molecule has 0 spiro atoms. The largest absolute Gasteiger partial charge is 0.434 e. The van der Waals surface area contributed by atoms with E-state index < -0.39 is 48.3 Å². The minimum Gasteiger partial charge on any atom is -0.339 e. The lowest BCUT2D eigenvalue weighted by Gasteiger charge is -2.37. The Labute approximate surface area is 153 Å². The Kier molecular flexibility index (Phi) is 5.31. The number of aliphatic imine (C=N–C) groups is 1. The van der Waals surface area contributed by atoms with Crippen molar-refractivity contribution in [2.45, 2.75) is 42.5 Å². The first-order valence-corrected chi connectivity index (χ1v) is 7.32. The molecule has 0 unspecified atom stereocenters. The van der Waals surface area contributed by atoms with Gasteiger partial charge >= 0.3 is 24.7 Å². The van der Waals surface area contributed by atoms with E-state index in [2.05, 4.69) is 4.99 Å². The minimum absolute atomic E-state index is 0.0587. The number of amidine groups is 1. The Bertz CT molecular complexity index is 729. The highest BCUT2D eigenvalue weighted by atomic mass is 19.4. The molecule has 1 aliphatic heterocycles. The molecule has 1 aromatic rings. The van der Waals surface area contributed by atoms with Crippen molar-refractivity contribution < 1.29 is 52.7 Å². The van der Waals surface area contributed by atoms with Gasteiger partial charge in [0, 0.05) is 0 Å². The van der Waals surface area contributed by atoms with Crippen LogP contribution in [0, 0.1) is 0 Å². The third-order valence-electron chi connectivity index (χ3n) is 4.00. The summed E-state index contributed by atoms with van der Waals surface area (Å²) in [6.07, 6.45) is -26.6. The van der Waals surface area contributed by atoms with E-state index in [9.17, 15) is 52.7 Å². The van der Waals surface area contributed by atoms with E-state index in [1.165, 1.54) is 18.2 Å². The van der Waals surface area contributed by atoms with Crippen LogP contribution in [-0.4, -0.2) is 41.7 Å². The van der Waals surface area contributed by atoms with Crippen molar-refractivity contribution in [3.63, 3.8) is 0 Å². The first-order chi connectivity index (χ1) is 12.9. The van der Waals surface area contributed by atoms with Crippen molar-refractivity contribution in [2.75, 3.05) is 0 Å². The van der Waals surface area contributed by atoms with Crippen LogP contribution in [0.2, 0.25) is 0 Å². The molecular formula is C14H9F12N3. The molecule has 1 fully saturated rings. The third-order valence-corrected chi connectivity index (χ3v) is 4.00. The Hall–Kier alpha value is -2.19. The number of benzene rings is 1. The Morgan fingerprint density at radius 3 is 1.52 bits per heavy atom. The molecule has 1 aromatic carbocycles. The Morgan fingerprint density at radius 1 is 0.690 bits per heavy atom. The van der Waals surface area contributed by atoms with E-state index in [1.54, 1.807) is 0 Å². The summed E-state index contributed by atoms with van der Waals surface area (Å²) in [5, 5.41) is 0.0298. The fraction of sp³-hybridized carbons (Fsp3) is 0.500. The highest BCUT2D eigenvalue weighted by Gasteiger charge is 2.87. The highest BCUT2D eigenvalue weighted by molar-refractivity contribution is 5.96. The summed E-state index contributed by atoms with van der Waals surface area (Å²) in [6.45, 7) is -1.05. The predicted octanol–water partition coefficient (Wildman–Crippen LogP) is 4.46. The molecule has 0 bridgehead atoms. The van der Waals surface area contributed by atoms with Gasteiger partial charge in [0.2, 0.25) is 0 Å². The van der Waals surface area contributed by atoms with Crippen molar-refractivity contribution in [3.05, 3.63) is 35.9 Å². The zero-order valence-electron chi connectivity index (χ0n) is 13.6. The molecular weight excluding hydrogens is 438 g/mol. The van der Waals surface area contributed by atoms with Gasteiger partial charge in [-0.3, -0.25) is 10.3 Å². The Morgan fingerprint density at radius 2 is 1.14 bits per heavy atom. The summed E-state index contributed by atoms with van der Waals surface area (Å²) >= 11 is 0. The third kappa shape index (κ3) is 3.59. The average Bonchev–Trinajstić information content (AvgIpc) is 2.91. The van der Waals surface area contributed by atoms with E-state index in [0.717, 1.165) is 12.1 Å². The molecule has 0 saturated carbocycles. The number of alkyl halides is 12. The maximum Gasteiger partial charge on any atom is 0.434 e. The molecule has 29 heavy (non-hydrogen) atoms. The van der Waals surface area contributed by atoms with Crippen LogP contribution in [0.15, 0.2) is 35.3 Å². The number of nitrogens with one attached hydrogen (secondary N) is 2. The fourth-order valence-corrected chi connectivity index (χ4v) is 2.57. The highest BCUT2D eigenvalue weighted by Crippen LogP contribution is 2.53. The van der Waals surface area contributed by atoms with E-state index >= 15 is 0 Å². The molecule has 164 valence electrons. The fourth-order valence-electron chi connectivity index (χ4n) is 2.57. The van der Waals surface area contributed by atoms with E-state index in [0.29, 0.717) is 5.32 Å². The first-order valence-electron chi connectivity index (χ1n) is 7.32. The van der Waals surface area contributed by atoms with Crippen LogP contribution in [-0.2, 0) is 6.54 Å². The molecule has 0 aliphatic carbocycles. The van der Waals surface area contributed by atoms with Crippen LogP contribution in [0.5, 0.6) is 0 Å². The predicted molar refractivity (Wildman–Crippen MR) is 73.5 cm³/mol. The molecule has 0 amide bonds. The van der Waals surface area contributed by atoms with Crippen LogP contribution in [0.4, 0.5) is 52.7 Å². The van der Waals surface area contributed by atoms with Crippen LogP contribution >= 0.6 is 0 Å². The van der Waals surface area contributed by atoms with Crippen molar-refractivity contribution in [3.8, 4) is 0 Å². The van der Waals surface area contributed by atoms with Crippen LogP contribution in [0.3, 0.4) is 0 Å². The van der Waals surface area contributed by atoms with Gasteiger partial charge in [0.1, 0.15) is 5.84 Å². The average molecular weight is 447 g/mol. The normalized spacial score (nSPS) is 21.3. The second kappa shape index (κ2) is 6.67. The second-order valence-electron chi connectivity index (χ2n) is 5.89. The summed E-state index contributed by atoms with van der Waals surface area (Å²) in [5.74, 6) is -2.60. The van der Waals surface area contributed by atoms with Crippen molar-refractivity contribution in [2.24, 2.45) is 4.99 Å². The zero-order valence-corrected chi connectivity index (χ0v) is 13.6. The molecule has 2 N–H and O–H groups in total. The summed E-state index contributed by atoms with van der Waals surface area (Å²) in [4.78, 5) is 2.81. The second-order valence-corrected chi connectivity index (χ2v) is 5.89. The SMILES string of the molecule is FC(F)(F)C1(C(F)(F)F)NC(=NCc2ccccc2)C(C(F)(F)F)(C(F)(F)F)N1. The van der Waals surface area contributed by atoms with Gasteiger partial charge in [-0.05, 0) is 5.56 Å². The molecule has 3 nitrogen and oxygen atoms in total. The topological polar surface area (TPSA) is 36.4 Å². The van der Waals surface area contributed by atoms with Crippen molar-refractivity contribution >= 4 is 5.84 Å². The minimum atomic E-state index is -6.66. The molecule has 2 rings (SSSR count). The van der Waals surface area contributed by atoms with Crippen LogP contribution in [0.1, 0.15) is 5.56 Å². The van der Waals surface area contributed by atoms with Gasteiger partial charge in [-0.25, -0.2) is 0 Å². The van der Waals surface area contributed by atoms with E-state index in [1.807, 2.05) is 0 Å². The van der Waals surface area contributed by atoms with Crippen molar-refractivity contribution in [1.82, 2.24) is 10.6 Å². The van der Waals surface area contributed by atoms with Crippen molar-refractivity contribution in [1.29, 1.82) is 0 Å². The van der Waals surface area contributed by atoms with Gasteiger partial charge in [0.05, 0.1) is 6.54 Å². The number of rotatable bonds is 2. The first kappa shape index (κ1) is 23.1. The summed E-state index contributed by atoms with van der Waals surface area (Å²) in [7, 11) is 0. The van der Waals surface area contributed by atoms with Gasteiger partial charge < -0.3 is 5.32 Å². The number of halogens is 12. The lowest BCUT2D eigenvalue weighted by Crippen LogP contribution is -2.75. The van der Waals surface area contributed by atoms with E-state index in [4.69, 9.17) is 0 Å². The molecule has 0 atom stereocenters. The number of hydrogen-bond donors (Lipinski definition) is 2. The standard InChI is InChI=1S/C14H9F12N3/c15-11(16,17)9(12(18,19)20)8(27-6-7-4-2-1-3-5-7)28-10(29-9,13(21,22)23)14(24,25)26/h1-5,29H,6H2,(H,27,28). The Balaban J connectivity index is 2.76. The monoisotopic (exact) mass is 447 g/mol. The lowest BCUT2D eigenvalue weighted by molar-refractivity contribution is -0.334. The summed E-state index contributed by atoms with van der Waals surface area (Å²) < 4.78 is 159. The quantitative estimate of drug-likeness (QED) is 0.657. The summed E-state index contributed by atoms with van der Waals surface area (Å²) in [6, 6.07) is 6.27. The molecule has 0 radical (unpaired) electrons. The van der Waals surface area contributed by atoms with Gasteiger partial charge in [0.25, 0.3) is 11.2 Å². The van der Waals surface area contributed by atoms with Gasteiger partial charge in [-0.1, -0.05) is 30.3 Å².